The second-order valence-corrected chi connectivity index (χ2v) is 7.05. The summed E-state index contributed by atoms with van der Waals surface area (Å²) in [6, 6.07) is 5.75. The normalized spacial score (nSPS) is 16.7. The highest BCUT2D eigenvalue weighted by atomic mass is 32.1. The summed E-state index contributed by atoms with van der Waals surface area (Å²) < 4.78 is 31.0. The van der Waals surface area contributed by atoms with Crippen LogP contribution in [0.5, 0.6) is 5.75 Å². The molecule has 0 radical (unpaired) electrons. The maximum absolute atomic E-state index is 13.0. The Morgan fingerprint density at radius 1 is 1.36 bits per heavy atom. The lowest BCUT2D eigenvalue weighted by Crippen LogP contribution is -2.38. The highest BCUT2D eigenvalue weighted by molar-refractivity contribution is 7.71. The number of nitrogens with zero attached hydrogens (tertiary/aromatic N) is 3. The molecule has 9 heteroatoms. The van der Waals surface area contributed by atoms with E-state index in [1.807, 2.05) is 6.92 Å². The fourth-order valence-corrected chi connectivity index (χ4v) is 3.29. The first kappa shape index (κ1) is 20.5. The Morgan fingerprint density at radius 3 is 2.68 bits per heavy atom. The van der Waals surface area contributed by atoms with E-state index in [9.17, 15) is 9.18 Å². The largest absolute Gasteiger partial charge is 0.481 e. The number of piperidine rings is 1. The predicted octanol–water partition coefficient (Wildman–Crippen LogP) is 3.72. The van der Waals surface area contributed by atoms with Crippen LogP contribution in [0.25, 0.3) is 0 Å². The molecular weight excluding hydrogens is 385 g/mol. The quantitative estimate of drug-likeness (QED) is 0.510. The van der Waals surface area contributed by atoms with Gasteiger partial charge in [-0.2, -0.15) is 0 Å². The Kier molecular flexibility index (Phi) is 6.79. The highest BCUT2D eigenvalue weighted by Gasteiger charge is 2.26. The number of aromatic nitrogens is 2. The molecule has 0 aliphatic carbocycles. The molecule has 1 aliphatic rings. The molecule has 28 heavy (non-hydrogen) atoms. The van der Waals surface area contributed by atoms with Crippen molar-refractivity contribution in [2.45, 2.75) is 39.5 Å². The Labute approximate surface area is 168 Å². The van der Waals surface area contributed by atoms with E-state index in [1.165, 1.54) is 12.1 Å². The van der Waals surface area contributed by atoms with E-state index >= 15 is 0 Å². The minimum atomic E-state index is -0.469. The number of hydrogen-bond acceptors (Lipinski definition) is 7. The van der Waals surface area contributed by atoms with Gasteiger partial charge < -0.3 is 13.9 Å². The van der Waals surface area contributed by atoms with Crippen molar-refractivity contribution >= 4 is 18.2 Å². The maximum atomic E-state index is 13.0. The second kappa shape index (κ2) is 9.29. The lowest BCUT2D eigenvalue weighted by atomic mass is 9.97. The highest BCUT2D eigenvalue weighted by Crippen LogP contribution is 2.22. The summed E-state index contributed by atoms with van der Waals surface area (Å²) in [6.07, 6.45) is 1.03. The van der Waals surface area contributed by atoms with Crippen LogP contribution in [-0.4, -0.2) is 40.3 Å². The molecular formula is C19H24FN3O4S. The molecule has 1 aromatic carbocycles. The average molecular weight is 409 g/mol. The number of hydrogen-bond donors (Lipinski definition) is 0. The molecule has 0 unspecified atom stereocenters. The molecule has 1 atom stereocenters. The summed E-state index contributed by atoms with van der Waals surface area (Å²) in [5, 5.41) is 4.41. The van der Waals surface area contributed by atoms with Gasteiger partial charge in [-0.15, -0.1) is 5.10 Å². The summed E-state index contributed by atoms with van der Waals surface area (Å²) in [4.78, 5) is 14.3. The number of halogens is 1. The predicted molar refractivity (Wildman–Crippen MR) is 102 cm³/mol. The molecule has 1 saturated heterocycles. The molecule has 0 bridgehead atoms. The molecule has 3 rings (SSSR count). The van der Waals surface area contributed by atoms with Gasteiger partial charge in [0.2, 0.25) is 0 Å². The van der Waals surface area contributed by atoms with Gasteiger partial charge >= 0.3 is 5.97 Å². The zero-order valence-electron chi connectivity index (χ0n) is 16.0. The van der Waals surface area contributed by atoms with Crippen LogP contribution < -0.4 is 4.74 Å². The molecule has 7 nitrogen and oxygen atoms in total. The van der Waals surface area contributed by atoms with Crippen LogP contribution in [0.15, 0.2) is 28.7 Å². The number of carbonyl (C=O) groups excluding carboxylic acids is 1. The van der Waals surface area contributed by atoms with E-state index in [0.29, 0.717) is 24.9 Å². The van der Waals surface area contributed by atoms with Crippen molar-refractivity contribution in [3.63, 3.8) is 0 Å². The number of likely N-dealkylation sites (tertiary alicyclic amines) is 1. The van der Waals surface area contributed by atoms with Crippen LogP contribution in [0.3, 0.4) is 0 Å². The van der Waals surface area contributed by atoms with Gasteiger partial charge in [0.25, 0.3) is 10.7 Å². The van der Waals surface area contributed by atoms with Gasteiger partial charge in [-0.25, -0.2) is 9.07 Å². The van der Waals surface area contributed by atoms with E-state index in [0.717, 1.165) is 25.9 Å². The third-order valence-corrected chi connectivity index (χ3v) is 4.93. The molecule has 152 valence electrons. The summed E-state index contributed by atoms with van der Waals surface area (Å²) in [6.45, 7) is 6.02. The van der Waals surface area contributed by atoms with Gasteiger partial charge in [-0.3, -0.25) is 9.69 Å². The van der Waals surface area contributed by atoms with Crippen molar-refractivity contribution in [3.05, 3.63) is 40.8 Å². The number of rotatable bonds is 7. The standard InChI is InChI=1S/C19H24FN3O4S/c1-3-25-18(24)14-8-10-22(11-9-14)12-23-19(28)27-17(21-23)13(2)26-16-6-4-15(20)5-7-16/h4-7,13-14H,3,8-12H2,1-2H3/t13-/m1/s1. The Hall–Kier alpha value is -2.26. The van der Waals surface area contributed by atoms with Gasteiger partial charge in [-0.1, -0.05) is 0 Å². The first-order valence-electron chi connectivity index (χ1n) is 9.35. The molecule has 1 aliphatic heterocycles. The minimum Gasteiger partial charge on any atom is -0.481 e. The van der Waals surface area contributed by atoms with Crippen molar-refractivity contribution in [3.8, 4) is 5.75 Å². The van der Waals surface area contributed by atoms with Crippen molar-refractivity contribution in [1.82, 2.24) is 14.7 Å². The SMILES string of the molecule is CCOC(=O)C1CCN(Cn2nc([C@@H](C)Oc3ccc(F)cc3)oc2=S)CC1. The number of esters is 1. The third-order valence-electron chi connectivity index (χ3n) is 4.64. The fourth-order valence-electron chi connectivity index (χ4n) is 3.10. The summed E-state index contributed by atoms with van der Waals surface area (Å²) in [7, 11) is 0. The van der Waals surface area contributed by atoms with E-state index in [2.05, 4.69) is 10.00 Å². The number of carbonyl (C=O) groups is 1. The first-order valence-corrected chi connectivity index (χ1v) is 9.76. The van der Waals surface area contributed by atoms with E-state index in [-0.39, 0.29) is 22.5 Å². The van der Waals surface area contributed by atoms with E-state index < -0.39 is 6.10 Å². The zero-order valence-corrected chi connectivity index (χ0v) is 16.8. The van der Waals surface area contributed by atoms with Gasteiger partial charge in [0, 0.05) is 13.1 Å². The molecule has 0 spiro atoms. The van der Waals surface area contributed by atoms with Crippen molar-refractivity contribution < 1.29 is 23.1 Å². The second-order valence-electron chi connectivity index (χ2n) is 6.71. The van der Waals surface area contributed by atoms with Crippen LogP contribution in [0.1, 0.15) is 38.7 Å². The van der Waals surface area contributed by atoms with Crippen molar-refractivity contribution in [1.29, 1.82) is 0 Å². The lowest BCUT2D eigenvalue weighted by Gasteiger charge is -2.30. The molecule has 2 heterocycles. The smallest absolute Gasteiger partial charge is 0.309 e. The minimum absolute atomic E-state index is 0.0406. The molecule has 0 amide bonds. The van der Waals surface area contributed by atoms with Crippen molar-refractivity contribution in [2.75, 3.05) is 19.7 Å². The van der Waals surface area contributed by atoms with Crippen LogP contribution in [0, 0.1) is 16.6 Å². The van der Waals surface area contributed by atoms with Crippen molar-refractivity contribution in [2.24, 2.45) is 5.92 Å². The summed E-state index contributed by atoms with van der Waals surface area (Å²) >= 11 is 5.27. The Morgan fingerprint density at radius 2 is 2.04 bits per heavy atom. The number of ether oxygens (including phenoxy) is 2. The third kappa shape index (κ3) is 5.17. The maximum Gasteiger partial charge on any atom is 0.309 e. The lowest BCUT2D eigenvalue weighted by molar-refractivity contribution is -0.149. The zero-order chi connectivity index (χ0) is 20.1. The van der Waals surface area contributed by atoms with Gasteiger partial charge in [-0.05, 0) is 63.2 Å². The van der Waals surface area contributed by atoms with E-state index in [1.54, 1.807) is 23.7 Å². The summed E-state index contributed by atoms with van der Waals surface area (Å²) in [5.74, 6) is 0.394. The van der Waals surface area contributed by atoms with Gasteiger partial charge in [0.1, 0.15) is 11.6 Å². The first-order chi connectivity index (χ1) is 13.5. The fraction of sp³-hybridized carbons (Fsp3) is 0.526. The van der Waals surface area contributed by atoms with Crippen LogP contribution in [0.4, 0.5) is 4.39 Å². The van der Waals surface area contributed by atoms with Gasteiger partial charge in [0.15, 0.2) is 6.10 Å². The summed E-state index contributed by atoms with van der Waals surface area (Å²) in [5.41, 5.74) is 0. The molecule has 1 fully saturated rings. The molecule has 2 aromatic rings. The average Bonchev–Trinajstić information content (AvgIpc) is 3.05. The molecule has 0 N–H and O–H groups in total. The van der Waals surface area contributed by atoms with Crippen LogP contribution in [0.2, 0.25) is 0 Å². The Bertz CT molecular complexity index is 844. The van der Waals surface area contributed by atoms with Gasteiger partial charge in [0.05, 0.1) is 19.2 Å². The Balaban J connectivity index is 1.56. The number of benzene rings is 1. The van der Waals surface area contributed by atoms with Crippen LogP contribution >= 0.6 is 12.2 Å². The topological polar surface area (TPSA) is 69.7 Å². The van der Waals surface area contributed by atoms with E-state index in [4.69, 9.17) is 26.1 Å². The van der Waals surface area contributed by atoms with Crippen LogP contribution in [-0.2, 0) is 16.2 Å². The molecule has 0 saturated carbocycles. The monoisotopic (exact) mass is 409 g/mol. The molecule has 1 aromatic heterocycles.